The Labute approximate surface area is 145 Å². The van der Waals surface area contributed by atoms with Crippen molar-refractivity contribution in [2.45, 2.75) is 13.5 Å². The number of aryl methyl sites for hydroxylation is 1. The van der Waals surface area contributed by atoms with Gasteiger partial charge in [-0.05, 0) is 48.7 Å². The summed E-state index contributed by atoms with van der Waals surface area (Å²) in [6, 6.07) is 16.8. The van der Waals surface area contributed by atoms with E-state index in [0.29, 0.717) is 11.4 Å². The molecule has 0 aliphatic heterocycles. The molecule has 0 radical (unpaired) electrons. The molecule has 0 unspecified atom stereocenters. The molecule has 0 fully saturated rings. The van der Waals surface area contributed by atoms with E-state index in [4.69, 9.17) is 10.5 Å². The van der Waals surface area contributed by atoms with Crippen molar-refractivity contribution >= 4 is 28.4 Å². The number of benzene rings is 2. The van der Waals surface area contributed by atoms with Crippen molar-refractivity contribution in [2.75, 3.05) is 11.9 Å². The zero-order valence-corrected chi connectivity index (χ0v) is 13.9. The van der Waals surface area contributed by atoms with E-state index >= 15 is 0 Å². The van der Waals surface area contributed by atoms with E-state index in [1.165, 1.54) is 0 Å². The van der Waals surface area contributed by atoms with E-state index in [1.807, 2.05) is 35.8 Å². The molecule has 6 nitrogen and oxygen atoms in total. The molecule has 0 spiro atoms. The normalized spacial score (nSPS) is 10.6. The van der Waals surface area contributed by atoms with Gasteiger partial charge in [-0.1, -0.05) is 18.2 Å². The van der Waals surface area contributed by atoms with E-state index in [9.17, 15) is 9.59 Å². The van der Waals surface area contributed by atoms with E-state index in [0.717, 1.165) is 16.6 Å². The number of nitrogens with two attached hydrogens (primary N) is 1. The van der Waals surface area contributed by atoms with Gasteiger partial charge in [0.1, 0.15) is 12.3 Å². The molecule has 3 N–H and O–H groups in total. The van der Waals surface area contributed by atoms with E-state index in [1.54, 1.807) is 24.3 Å². The molecule has 0 saturated carbocycles. The Morgan fingerprint density at radius 3 is 2.56 bits per heavy atom. The van der Waals surface area contributed by atoms with Crippen LogP contribution in [0.4, 0.5) is 5.69 Å². The number of rotatable bonds is 6. The first-order valence-corrected chi connectivity index (χ1v) is 7.89. The number of hydrogen-bond acceptors (Lipinski definition) is 3. The van der Waals surface area contributed by atoms with Gasteiger partial charge in [-0.15, -0.1) is 0 Å². The number of anilines is 1. The van der Waals surface area contributed by atoms with Crippen LogP contribution in [0.2, 0.25) is 0 Å². The fourth-order valence-electron chi connectivity index (χ4n) is 2.69. The van der Waals surface area contributed by atoms with Crippen LogP contribution in [0.25, 0.3) is 10.9 Å². The summed E-state index contributed by atoms with van der Waals surface area (Å²) in [5, 5.41) is 3.97. The minimum Gasteiger partial charge on any atom is -0.484 e. The number of fused-ring (bicyclic) bond motifs is 1. The molecule has 3 rings (SSSR count). The number of amides is 2. The van der Waals surface area contributed by atoms with Gasteiger partial charge in [0.2, 0.25) is 5.91 Å². The second-order valence-corrected chi connectivity index (χ2v) is 5.76. The standard InChI is InChI=1S/C19H19N3O3/c1-13-10-14-4-2-3-5-17(14)22(13)11-19(24)21-15-6-8-16(9-7-15)25-12-18(20)23/h2-10H,11-12H2,1H3,(H2,20,23)(H,21,24). The fraction of sp³-hybridized carbons (Fsp3) is 0.158. The Morgan fingerprint density at radius 1 is 1.12 bits per heavy atom. The van der Waals surface area contributed by atoms with Gasteiger partial charge in [0.15, 0.2) is 6.61 Å². The van der Waals surface area contributed by atoms with Gasteiger partial charge in [0.05, 0.1) is 0 Å². The van der Waals surface area contributed by atoms with E-state index in [2.05, 4.69) is 11.4 Å². The number of primary amides is 1. The summed E-state index contributed by atoms with van der Waals surface area (Å²) in [7, 11) is 0. The maximum Gasteiger partial charge on any atom is 0.255 e. The third-order valence-corrected chi connectivity index (χ3v) is 3.84. The topological polar surface area (TPSA) is 86.3 Å². The first kappa shape index (κ1) is 16.6. The van der Waals surface area contributed by atoms with Gasteiger partial charge in [0, 0.05) is 16.9 Å². The highest BCUT2D eigenvalue weighted by Gasteiger charge is 2.10. The molecule has 6 heteroatoms. The zero-order valence-electron chi connectivity index (χ0n) is 13.9. The summed E-state index contributed by atoms with van der Waals surface area (Å²) >= 11 is 0. The van der Waals surface area contributed by atoms with Gasteiger partial charge in [-0.2, -0.15) is 0 Å². The van der Waals surface area contributed by atoms with E-state index < -0.39 is 5.91 Å². The quantitative estimate of drug-likeness (QED) is 0.724. The molecule has 2 aromatic carbocycles. The predicted molar refractivity (Wildman–Crippen MR) is 96.4 cm³/mol. The van der Waals surface area contributed by atoms with Crippen LogP contribution < -0.4 is 15.8 Å². The van der Waals surface area contributed by atoms with Crippen molar-refractivity contribution in [3.63, 3.8) is 0 Å². The minimum atomic E-state index is -0.535. The van der Waals surface area contributed by atoms with Crippen LogP contribution in [0.5, 0.6) is 5.75 Å². The SMILES string of the molecule is Cc1cc2ccccc2n1CC(=O)Nc1ccc(OCC(N)=O)cc1. The summed E-state index contributed by atoms with van der Waals surface area (Å²) in [5.74, 6) is -0.133. The first-order chi connectivity index (χ1) is 12.0. The van der Waals surface area contributed by atoms with Crippen LogP contribution >= 0.6 is 0 Å². The fourth-order valence-corrected chi connectivity index (χ4v) is 2.69. The lowest BCUT2D eigenvalue weighted by Crippen LogP contribution is -2.20. The largest absolute Gasteiger partial charge is 0.484 e. The molecule has 0 saturated heterocycles. The van der Waals surface area contributed by atoms with Crippen molar-refractivity contribution in [1.82, 2.24) is 4.57 Å². The van der Waals surface area contributed by atoms with Crippen molar-refractivity contribution in [2.24, 2.45) is 5.73 Å². The molecule has 0 atom stereocenters. The molecule has 25 heavy (non-hydrogen) atoms. The second-order valence-electron chi connectivity index (χ2n) is 5.76. The van der Waals surface area contributed by atoms with Gasteiger partial charge in [0.25, 0.3) is 5.91 Å². The number of carbonyl (C=O) groups excluding carboxylic acids is 2. The average molecular weight is 337 g/mol. The molecule has 3 aromatic rings. The smallest absolute Gasteiger partial charge is 0.255 e. The Kier molecular flexibility index (Phi) is 4.70. The monoisotopic (exact) mass is 337 g/mol. The summed E-state index contributed by atoms with van der Waals surface area (Å²) in [6.45, 7) is 2.04. The Morgan fingerprint density at radius 2 is 1.84 bits per heavy atom. The molecule has 0 bridgehead atoms. The van der Waals surface area contributed by atoms with Crippen molar-refractivity contribution in [1.29, 1.82) is 0 Å². The van der Waals surface area contributed by atoms with Crippen molar-refractivity contribution < 1.29 is 14.3 Å². The lowest BCUT2D eigenvalue weighted by atomic mass is 10.2. The number of carbonyl (C=O) groups is 2. The van der Waals surface area contributed by atoms with Crippen LogP contribution in [-0.2, 0) is 16.1 Å². The summed E-state index contributed by atoms with van der Waals surface area (Å²) in [5.41, 5.74) is 7.75. The lowest BCUT2D eigenvalue weighted by molar-refractivity contribution is -0.120. The van der Waals surface area contributed by atoms with Crippen LogP contribution in [0, 0.1) is 6.92 Å². The number of nitrogens with zero attached hydrogens (tertiary/aromatic N) is 1. The van der Waals surface area contributed by atoms with Gasteiger partial charge < -0.3 is 20.4 Å². The zero-order chi connectivity index (χ0) is 17.8. The second kappa shape index (κ2) is 7.09. The Balaban J connectivity index is 1.66. The molecular formula is C19H19N3O3. The van der Waals surface area contributed by atoms with Gasteiger partial charge in [-0.25, -0.2) is 0 Å². The number of aromatic nitrogens is 1. The van der Waals surface area contributed by atoms with Gasteiger partial charge >= 0.3 is 0 Å². The highest BCUT2D eigenvalue weighted by molar-refractivity contribution is 5.92. The highest BCUT2D eigenvalue weighted by atomic mass is 16.5. The lowest BCUT2D eigenvalue weighted by Gasteiger charge is -2.10. The highest BCUT2D eigenvalue weighted by Crippen LogP contribution is 2.20. The molecule has 1 heterocycles. The molecule has 0 aliphatic rings. The van der Waals surface area contributed by atoms with Crippen molar-refractivity contribution in [3.8, 4) is 5.75 Å². The number of para-hydroxylation sites is 1. The van der Waals surface area contributed by atoms with Crippen LogP contribution in [-0.4, -0.2) is 23.0 Å². The number of ether oxygens (including phenoxy) is 1. The average Bonchev–Trinajstić information content (AvgIpc) is 2.90. The van der Waals surface area contributed by atoms with Gasteiger partial charge in [-0.3, -0.25) is 9.59 Å². The molecule has 2 amide bonds. The Hall–Kier alpha value is -3.28. The third kappa shape index (κ3) is 3.98. The van der Waals surface area contributed by atoms with Crippen LogP contribution in [0.3, 0.4) is 0 Å². The predicted octanol–water partition coefficient (Wildman–Crippen LogP) is 2.45. The van der Waals surface area contributed by atoms with Crippen LogP contribution in [0.15, 0.2) is 54.6 Å². The molecule has 128 valence electrons. The maximum atomic E-state index is 12.4. The third-order valence-electron chi connectivity index (χ3n) is 3.84. The van der Waals surface area contributed by atoms with Crippen molar-refractivity contribution in [3.05, 3.63) is 60.3 Å². The minimum absolute atomic E-state index is 0.116. The summed E-state index contributed by atoms with van der Waals surface area (Å²) < 4.78 is 7.17. The summed E-state index contributed by atoms with van der Waals surface area (Å²) in [4.78, 5) is 23.0. The number of hydrogen-bond donors (Lipinski definition) is 2. The Bertz CT molecular complexity index is 913. The maximum absolute atomic E-state index is 12.4. The summed E-state index contributed by atoms with van der Waals surface area (Å²) in [6.07, 6.45) is 0. The molecule has 1 aromatic heterocycles. The molecular weight excluding hydrogens is 318 g/mol. The van der Waals surface area contributed by atoms with E-state index in [-0.39, 0.29) is 19.1 Å². The van der Waals surface area contributed by atoms with Crippen LogP contribution in [0.1, 0.15) is 5.69 Å². The first-order valence-electron chi connectivity index (χ1n) is 7.89. The molecule has 0 aliphatic carbocycles. The number of nitrogens with one attached hydrogen (secondary N) is 1.